The Bertz CT molecular complexity index is 605. The minimum atomic E-state index is -1.47. The van der Waals surface area contributed by atoms with Gasteiger partial charge in [-0.1, -0.05) is 36.4 Å². The van der Waals surface area contributed by atoms with Crippen molar-refractivity contribution in [3.63, 3.8) is 0 Å². The zero-order valence-electron chi connectivity index (χ0n) is 11.6. The molecule has 0 atom stereocenters. The van der Waals surface area contributed by atoms with E-state index in [2.05, 4.69) is 85.1 Å². The summed E-state index contributed by atoms with van der Waals surface area (Å²) in [4.78, 5) is 0. The highest BCUT2D eigenvalue weighted by Gasteiger charge is 2.44. The van der Waals surface area contributed by atoms with E-state index in [0.29, 0.717) is 0 Å². The molecule has 0 saturated heterocycles. The summed E-state index contributed by atoms with van der Waals surface area (Å²) >= 11 is 1.89. The summed E-state index contributed by atoms with van der Waals surface area (Å²) < 4.78 is 1.53. The summed E-state index contributed by atoms with van der Waals surface area (Å²) in [5, 5.41) is 5.17. The molecule has 0 saturated carbocycles. The SMILES string of the molecule is CC[P+](c1ccccc1)(c1ccccc1)c1cccs1. The number of benzene rings is 2. The fourth-order valence-electron chi connectivity index (χ4n) is 2.78. The second kappa shape index (κ2) is 5.91. The molecule has 1 heterocycles. The molecule has 0 bridgehead atoms. The van der Waals surface area contributed by atoms with E-state index < -0.39 is 7.26 Å². The Morgan fingerprint density at radius 2 is 1.30 bits per heavy atom. The van der Waals surface area contributed by atoms with E-state index in [9.17, 15) is 0 Å². The monoisotopic (exact) mass is 297 g/mol. The first-order valence-electron chi connectivity index (χ1n) is 6.91. The van der Waals surface area contributed by atoms with E-state index >= 15 is 0 Å². The van der Waals surface area contributed by atoms with Crippen LogP contribution in [0.5, 0.6) is 0 Å². The van der Waals surface area contributed by atoms with E-state index in [1.807, 2.05) is 11.3 Å². The minimum Gasteiger partial charge on any atom is -0.107 e. The van der Waals surface area contributed by atoms with Crippen LogP contribution in [0.2, 0.25) is 0 Å². The molecule has 0 aliphatic rings. The van der Waals surface area contributed by atoms with Crippen molar-refractivity contribution < 1.29 is 0 Å². The number of thiophene rings is 1. The number of hydrogen-bond acceptors (Lipinski definition) is 1. The Labute approximate surface area is 125 Å². The Hall–Kier alpha value is -1.43. The van der Waals surface area contributed by atoms with Gasteiger partial charge in [0.15, 0.2) is 4.62 Å². The zero-order valence-corrected chi connectivity index (χ0v) is 13.3. The molecule has 0 nitrogen and oxygen atoms in total. The predicted molar refractivity (Wildman–Crippen MR) is 93.6 cm³/mol. The van der Waals surface area contributed by atoms with Crippen LogP contribution in [0.1, 0.15) is 6.92 Å². The van der Waals surface area contributed by atoms with Crippen LogP contribution in [0, 0.1) is 0 Å². The van der Waals surface area contributed by atoms with Crippen molar-refractivity contribution in [2.24, 2.45) is 0 Å². The van der Waals surface area contributed by atoms with Crippen molar-refractivity contribution in [1.82, 2.24) is 0 Å². The van der Waals surface area contributed by atoms with E-state index in [0.717, 1.165) is 0 Å². The largest absolute Gasteiger partial charge is 0.157 e. The van der Waals surface area contributed by atoms with Crippen LogP contribution in [0.4, 0.5) is 0 Å². The van der Waals surface area contributed by atoms with Crippen molar-refractivity contribution >= 4 is 33.8 Å². The molecule has 3 rings (SSSR count). The van der Waals surface area contributed by atoms with Gasteiger partial charge in [-0.3, -0.25) is 0 Å². The van der Waals surface area contributed by atoms with E-state index in [4.69, 9.17) is 0 Å². The van der Waals surface area contributed by atoms with E-state index in [-0.39, 0.29) is 0 Å². The molecule has 2 heteroatoms. The highest BCUT2D eigenvalue weighted by atomic mass is 32.1. The number of rotatable bonds is 4. The second-order valence-corrected chi connectivity index (χ2v) is 9.77. The third kappa shape index (κ3) is 2.22. The van der Waals surface area contributed by atoms with Crippen molar-refractivity contribution in [2.45, 2.75) is 6.92 Å². The second-order valence-electron chi connectivity index (χ2n) is 4.75. The first-order chi connectivity index (χ1) is 9.88. The maximum Gasteiger partial charge on any atom is 0.157 e. The smallest absolute Gasteiger partial charge is 0.107 e. The summed E-state index contributed by atoms with van der Waals surface area (Å²) in [5.74, 6) is 0. The first-order valence-corrected chi connectivity index (χ1v) is 9.76. The molecule has 20 heavy (non-hydrogen) atoms. The van der Waals surface area contributed by atoms with Crippen LogP contribution in [0.3, 0.4) is 0 Å². The van der Waals surface area contributed by atoms with E-state index in [1.54, 1.807) is 0 Å². The maximum absolute atomic E-state index is 2.33. The molecule has 0 spiro atoms. The average Bonchev–Trinajstić information content (AvgIpc) is 3.06. The standard InChI is InChI=1S/C18H18PS/c1-2-19(18-14-9-15-20-18,16-10-5-3-6-11-16)17-12-7-4-8-13-17/h3-15H,2H2,1H3/q+1. The van der Waals surface area contributed by atoms with Gasteiger partial charge in [0.05, 0.1) is 6.16 Å². The molecule has 0 amide bonds. The molecule has 0 unspecified atom stereocenters. The molecule has 2 aromatic carbocycles. The summed E-state index contributed by atoms with van der Waals surface area (Å²) in [6, 6.07) is 26.5. The van der Waals surface area contributed by atoms with Crippen LogP contribution in [-0.2, 0) is 0 Å². The molecule has 0 radical (unpaired) electrons. The molecular formula is C18H18PS+. The topological polar surface area (TPSA) is 0 Å². The van der Waals surface area contributed by atoms with Crippen molar-refractivity contribution in [3.05, 3.63) is 78.2 Å². The fourth-order valence-corrected chi connectivity index (χ4v) is 8.70. The van der Waals surface area contributed by atoms with Gasteiger partial charge in [-0.05, 0) is 48.7 Å². The molecule has 0 aliphatic carbocycles. The Morgan fingerprint density at radius 1 is 0.750 bits per heavy atom. The summed E-state index contributed by atoms with van der Waals surface area (Å²) in [6.45, 7) is 2.33. The Morgan fingerprint density at radius 3 is 1.70 bits per heavy atom. The van der Waals surface area contributed by atoms with Crippen LogP contribution < -0.4 is 15.2 Å². The van der Waals surface area contributed by atoms with Crippen LogP contribution >= 0.6 is 18.6 Å². The highest BCUT2D eigenvalue weighted by molar-refractivity contribution is 7.98. The van der Waals surface area contributed by atoms with Crippen molar-refractivity contribution in [3.8, 4) is 0 Å². The van der Waals surface area contributed by atoms with Gasteiger partial charge in [0.25, 0.3) is 0 Å². The molecule has 1 aromatic heterocycles. The summed E-state index contributed by atoms with van der Waals surface area (Å²) in [5.41, 5.74) is 0. The highest BCUT2D eigenvalue weighted by Crippen LogP contribution is 2.55. The average molecular weight is 297 g/mol. The molecule has 0 aliphatic heterocycles. The van der Waals surface area contributed by atoms with Gasteiger partial charge < -0.3 is 0 Å². The normalized spacial score (nSPS) is 11.4. The van der Waals surface area contributed by atoms with E-state index in [1.165, 1.54) is 21.4 Å². The van der Waals surface area contributed by atoms with Gasteiger partial charge in [0.1, 0.15) is 17.9 Å². The maximum atomic E-state index is 2.33. The summed E-state index contributed by atoms with van der Waals surface area (Å²) in [7, 11) is -1.47. The van der Waals surface area contributed by atoms with Gasteiger partial charge in [-0.2, -0.15) is 0 Å². The third-order valence-corrected chi connectivity index (χ3v) is 9.88. The predicted octanol–water partition coefficient (Wildman–Crippen LogP) is 4.06. The lowest BCUT2D eigenvalue weighted by Crippen LogP contribution is -2.31. The van der Waals surface area contributed by atoms with Crippen molar-refractivity contribution in [2.75, 3.05) is 6.16 Å². The molecular weight excluding hydrogens is 279 g/mol. The zero-order chi connectivity index (χ0) is 13.8. The van der Waals surface area contributed by atoms with Crippen LogP contribution in [0.15, 0.2) is 78.2 Å². The molecule has 100 valence electrons. The quantitative estimate of drug-likeness (QED) is 0.637. The first kappa shape index (κ1) is 13.5. The van der Waals surface area contributed by atoms with Gasteiger partial charge in [0, 0.05) is 0 Å². The van der Waals surface area contributed by atoms with Crippen LogP contribution in [-0.4, -0.2) is 6.16 Å². The Kier molecular flexibility index (Phi) is 4.00. The van der Waals surface area contributed by atoms with Gasteiger partial charge in [-0.15, -0.1) is 11.3 Å². The number of hydrogen-bond donors (Lipinski definition) is 0. The third-order valence-electron chi connectivity index (χ3n) is 3.75. The molecule has 0 fully saturated rings. The fraction of sp³-hybridized carbons (Fsp3) is 0.111. The van der Waals surface area contributed by atoms with Crippen molar-refractivity contribution in [1.29, 1.82) is 0 Å². The lowest BCUT2D eigenvalue weighted by Gasteiger charge is -2.24. The molecule has 3 aromatic rings. The van der Waals surface area contributed by atoms with Gasteiger partial charge >= 0.3 is 0 Å². The minimum absolute atomic E-state index is 1.17. The molecule has 0 N–H and O–H groups in total. The summed E-state index contributed by atoms with van der Waals surface area (Å²) in [6.07, 6.45) is 1.17. The lowest BCUT2D eigenvalue weighted by atomic mass is 10.4. The lowest BCUT2D eigenvalue weighted by molar-refractivity contribution is 1.49. The van der Waals surface area contributed by atoms with Gasteiger partial charge in [-0.25, -0.2) is 0 Å². The Balaban J connectivity index is 2.27. The van der Waals surface area contributed by atoms with Gasteiger partial charge in [0.2, 0.25) is 0 Å². The van der Waals surface area contributed by atoms with Crippen LogP contribution in [0.25, 0.3) is 0 Å².